The molecule has 0 bridgehead atoms. The fourth-order valence-corrected chi connectivity index (χ4v) is 1.65. The number of hydrogen-bond donors (Lipinski definition) is 1. The Hall–Kier alpha value is -0.830. The summed E-state index contributed by atoms with van der Waals surface area (Å²) in [6.07, 6.45) is 8.23. The Bertz CT molecular complexity index is 211. The molecule has 1 amide bonds. The number of nitrogens with one attached hydrogen (secondary N) is 1. The molecule has 1 aliphatic heterocycles. The lowest BCUT2D eigenvalue weighted by atomic mass is 10.1. The van der Waals surface area contributed by atoms with Crippen molar-refractivity contribution < 1.29 is 4.79 Å². The van der Waals surface area contributed by atoms with Crippen molar-refractivity contribution in [3.8, 4) is 0 Å². The van der Waals surface area contributed by atoms with Crippen LogP contribution in [0.1, 0.15) is 25.7 Å². The average Bonchev–Trinajstić information content (AvgIpc) is 2.15. The Labute approximate surface area is 86.2 Å². The van der Waals surface area contributed by atoms with Gasteiger partial charge in [0.05, 0.1) is 0 Å². The standard InChI is InChI=1S/C11H20N2O/c1-13(2)10-7-5-3-4-6-8-11(14)12-9-10/h6,8,10H,3-5,7,9H2,1-2H3,(H,12,14)/b8-6-/t10-/m0/s1. The number of rotatable bonds is 1. The van der Waals surface area contributed by atoms with Gasteiger partial charge in [-0.25, -0.2) is 0 Å². The molecule has 0 aromatic heterocycles. The van der Waals surface area contributed by atoms with E-state index in [4.69, 9.17) is 0 Å². The second kappa shape index (κ2) is 5.81. The molecule has 0 aromatic carbocycles. The zero-order chi connectivity index (χ0) is 10.4. The molecule has 3 nitrogen and oxygen atoms in total. The first kappa shape index (κ1) is 11.2. The van der Waals surface area contributed by atoms with Crippen molar-refractivity contribution in [2.45, 2.75) is 31.7 Å². The van der Waals surface area contributed by atoms with E-state index in [1.54, 1.807) is 6.08 Å². The maximum Gasteiger partial charge on any atom is 0.243 e. The van der Waals surface area contributed by atoms with E-state index in [1.165, 1.54) is 19.3 Å². The van der Waals surface area contributed by atoms with E-state index >= 15 is 0 Å². The highest BCUT2D eigenvalue weighted by Gasteiger charge is 2.12. The van der Waals surface area contributed by atoms with Gasteiger partial charge in [0.15, 0.2) is 0 Å². The molecule has 3 heteroatoms. The molecule has 0 aromatic rings. The summed E-state index contributed by atoms with van der Waals surface area (Å²) in [7, 11) is 4.14. The number of hydrogen-bond acceptors (Lipinski definition) is 2. The van der Waals surface area contributed by atoms with Crippen LogP contribution >= 0.6 is 0 Å². The normalized spacial score (nSPS) is 27.1. The highest BCUT2D eigenvalue weighted by Crippen LogP contribution is 2.08. The summed E-state index contributed by atoms with van der Waals surface area (Å²) in [6, 6.07) is 0.477. The molecule has 0 fully saturated rings. The lowest BCUT2D eigenvalue weighted by molar-refractivity contribution is -0.116. The minimum Gasteiger partial charge on any atom is -0.351 e. The van der Waals surface area contributed by atoms with Crippen LogP contribution in [0.3, 0.4) is 0 Å². The van der Waals surface area contributed by atoms with Crippen molar-refractivity contribution in [3.05, 3.63) is 12.2 Å². The summed E-state index contributed by atoms with van der Waals surface area (Å²) >= 11 is 0. The van der Waals surface area contributed by atoms with E-state index in [-0.39, 0.29) is 5.91 Å². The monoisotopic (exact) mass is 196 g/mol. The zero-order valence-corrected chi connectivity index (χ0v) is 9.12. The number of likely N-dealkylation sites (N-methyl/N-ethyl adjacent to an activating group) is 1. The highest BCUT2D eigenvalue weighted by molar-refractivity contribution is 5.87. The van der Waals surface area contributed by atoms with E-state index < -0.39 is 0 Å². The molecule has 1 aliphatic rings. The number of carbonyl (C=O) groups is 1. The molecule has 1 atom stereocenters. The first-order chi connectivity index (χ1) is 6.70. The molecule has 0 radical (unpaired) electrons. The van der Waals surface area contributed by atoms with Gasteiger partial charge in [0.1, 0.15) is 0 Å². The van der Waals surface area contributed by atoms with Crippen LogP contribution in [0, 0.1) is 0 Å². The van der Waals surface area contributed by atoms with Gasteiger partial charge in [-0.1, -0.05) is 12.5 Å². The van der Waals surface area contributed by atoms with Crippen LogP contribution in [0.25, 0.3) is 0 Å². The molecule has 0 saturated heterocycles. The minimum absolute atomic E-state index is 0.0405. The number of carbonyl (C=O) groups excluding carboxylic acids is 1. The van der Waals surface area contributed by atoms with Crippen molar-refractivity contribution in [2.75, 3.05) is 20.6 Å². The van der Waals surface area contributed by atoms with Crippen molar-refractivity contribution in [3.63, 3.8) is 0 Å². The Morgan fingerprint density at radius 3 is 2.93 bits per heavy atom. The summed E-state index contributed by atoms with van der Waals surface area (Å²) in [5.74, 6) is 0.0405. The molecule has 0 aliphatic carbocycles. The largest absolute Gasteiger partial charge is 0.351 e. The molecular formula is C11H20N2O. The van der Waals surface area contributed by atoms with Crippen LogP contribution < -0.4 is 5.32 Å². The Balaban J connectivity index is 2.49. The molecule has 80 valence electrons. The molecule has 1 N–H and O–H groups in total. The van der Waals surface area contributed by atoms with Gasteiger partial charge in [0.25, 0.3) is 0 Å². The van der Waals surface area contributed by atoms with Crippen LogP contribution in [0.5, 0.6) is 0 Å². The fourth-order valence-electron chi connectivity index (χ4n) is 1.65. The number of amides is 1. The molecule has 0 saturated carbocycles. The third-order valence-corrected chi connectivity index (χ3v) is 2.67. The number of allylic oxidation sites excluding steroid dienone is 1. The van der Waals surface area contributed by atoms with Gasteiger partial charge in [-0.05, 0) is 39.4 Å². The first-order valence-corrected chi connectivity index (χ1v) is 5.31. The van der Waals surface area contributed by atoms with E-state index in [0.29, 0.717) is 6.04 Å². The van der Waals surface area contributed by atoms with Crippen LogP contribution in [0.15, 0.2) is 12.2 Å². The van der Waals surface area contributed by atoms with Crippen molar-refractivity contribution in [1.29, 1.82) is 0 Å². The van der Waals surface area contributed by atoms with Gasteiger partial charge < -0.3 is 10.2 Å². The minimum atomic E-state index is 0.0405. The highest BCUT2D eigenvalue weighted by atomic mass is 16.1. The van der Waals surface area contributed by atoms with E-state index in [0.717, 1.165) is 13.0 Å². The van der Waals surface area contributed by atoms with E-state index in [2.05, 4.69) is 24.3 Å². The SMILES string of the molecule is CN(C)[C@H]1CCCC/C=C\C(=O)NC1. The third kappa shape index (κ3) is 3.92. The number of nitrogens with zero attached hydrogens (tertiary/aromatic N) is 1. The quantitative estimate of drug-likeness (QED) is 0.682. The summed E-state index contributed by atoms with van der Waals surface area (Å²) in [4.78, 5) is 13.4. The first-order valence-electron chi connectivity index (χ1n) is 5.31. The Kier molecular flexibility index (Phi) is 4.66. The summed E-state index contributed by atoms with van der Waals surface area (Å²) in [6.45, 7) is 0.760. The Morgan fingerprint density at radius 1 is 1.43 bits per heavy atom. The maximum atomic E-state index is 11.3. The molecular weight excluding hydrogens is 176 g/mol. The van der Waals surface area contributed by atoms with Gasteiger partial charge >= 0.3 is 0 Å². The average molecular weight is 196 g/mol. The molecule has 0 spiro atoms. The fraction of sp³-hybridized carbons (Fsp3) is 0.727. The lowest BCUT2D eigenvalue weighted by Gasteiger charge is -2.24. The maximum absolute atomic E-state index is 11.3. The van der Waals surface area contributed by atoms with Gasteiger partial charge in [-0.15, -0.1) is 0 Å². The van der Waals surface area contributed by atoms with Crippen LogP contribution in [0.2, 0.25) is 0 Å². The molecule has 0 unspecified atom stereocenters. The lowest BCUT2D eigenvalue weighted by Crippen LogP contribution is -2.39. The van der Waals surface area contributed by atoms with Crippen LogP contribution in [-0.4, -0.2) is 37.5 Å². The molecule has 1 heterocycles. The predicted molar refractivity (Wildman–Crippen MR) is 58.1 cm³/mol. The van der Waals surface area contributed by atoms with Gasteiger partial charge in [0.2, 0.25) is 5.91 Å². The van der Waals surface area contributed by atoms with Gasteiger partial charge in [0, 0.05) is 12.6 Å². The zero-order valence-electron chi connectivity index (χ0n) is 9.12. The van der Waals surface area contributed by atoms with Crippen molar-refractivity contribution in [1.82, 2.24) is 10.2 Å². The summed E-state index contributed by atoms with van der Waals surface area (Å²) in [5.41, 5.74) is 0. The van der Waals surface area contributed by atoms with Crippen LogP contribution in [-0.2, 0) is 4.79 Å². The van der Waals surface area contributed by atoms with Gasteiger partial charge in [-0.3, -0.25) is 4.79 Å². The Morgan fingerprint density at radius 2 is 2.21 bits per heavy atom. The van der Waals surface area contributed by atoms with E-state index in [9.17, 15) is 4.79 Å². The third-order valence-electron chi connectivity index (χ3n) is 2.67. The topological polar surface area (TPSA) is 32.3 Å². The second-order valence-corrected chi connectivity index (χ2v) is 4.05. The van der Waals surface area contributed by atoms with Gasteiger partial charge in [-0.2, -0.15) is 0 Å². The smallest absolute Gasteiger partial charge is 0.243 e. The van der Waals surface area contributed by atoms with Crippen molar-refractivity contribution >= 4 is 5.91 Å². The molecule has 1 rings (SSSR count). The van der Waals surface area contributed by atoms with E-state index in [1.807, 2.05) is 6.08 Å². The summed E-state index contributed by atoms with van der Waals surface area (Å²) in [5, 5.41) is 2.92. The van der Waals surface area contributed by atoms with Crippen molar-refractivity contribution in [2.24, 2.45) is 0 Å². The predicted octanol–water partition coefficient (Wildman–Crippen LogP) is 1.16. The molecule has 14 heavy (non-hydrogen) atoms. The summed E-state index contributed by atoms with van der Waals surface area (Å²) < 4.78 is 0. The van der Waals surface area contributed by atoms with Crippen LogP contribution in [0.4, 0.5) is 0 Å². The second-order valence-electron chi connectivity index (χ2n) is 4.05.